The second kappa shape index (κ2) is 5.75. The van der Waals surface area contributed by atoms with E-state index in [9.17, 15) is 4.79 Å². The fourth-order valence-corrected chi connectivity index (χ4v) is 1.87. The van der Waals surface area contributed by atoms with Gasteiger partial charge in [0.25, 0.3) is 5.91 Å². The lowest BCUT2D eigenvalue weighted by molar-refractivity contribution is 0.102. The first-order valence-corrected chi connectivity index (χ1v) is 6.39. The van der Waals surface area contributed by atoms with Crippen LogP contribution in [0.3, 0.4) is 0 Å². The van der Waals surface area contributed by atoms with Crippen molar-refractivity contribution in [3.63, 3.8) is 0 Å². The van der Waals surface area contributed by atoms with E-state index in [0.29, 0.717) is 17.0 Å². The summed E-state index contributed by atoms with van der Waals surface area (Å²) in [7, 11) is 1.53. The van der Waals surface area contributed by atoms with Crippen molar-refractivity contribution in [3.8, 4) is 5.75 Å². The first-order chi connectivity index (χ1) is 9.08. The number of carbonyl (C=O) groups excluding carboxylic acids is 1. The molecule has 0 aliphatic carbocycles. The van der Waals surface area contributed by atoms with Crippen LogP contribution in [0.4, 0.5) is 11.4 Å². The molecule has 0 radical (unpaired) electrons. The molecule has 0 bridgehead atoms. The lowest BCUT2D eigenvalue weighted by atomic mass is 10.1. The Hall–Kier alpha value is -2.01. The Kier molecular flexibility index (Phi) is 4.06. The molecular weight excluding hydrogens is 308 g/mol. The van der Waals surface area contributed by atoms with Crippen LogP contribution in [0.15, 0.2) is 46.9 Å². The van der Waals surface area contributed by atoms with Crippen LogP contribution in [0.5, 0.6) is 5.75 Å². The molecule has 3 N–H and O–H groups in total. The highest BCUT2D eigenvalue weighted by Crippen LogP contribution is 2.20. The second-order valence-electron chi connectivity index (χ2n) is 3.96. The number of nitrogen functional groups attached to an aromatic ring is 1. The monoisotopic (exact) mass is 320 g/mol. The zero-order valence-corrected chi connectivity index (χ0v) is 11.9. The van der Waals surface area contributed by atoms with Crippen LogP contribution in [0.2, 0.25) is 0 Å². The Bertz CT molecular complexity index is 597. The van der Waals surface area contributed by atoms with Gasteiger partial charge >= 0.3 is 0 Å². The maximum absolute atomic E-state index is 12.1. The van der Waals surface area contributed by atoms with Crippen molar-refractivity contribution < 1.29 is 9.53 Å². The van der Waals surface area contributed by atoms with Crippen molar-refractivity contribution in [2.24, 2.45) is 0 Å². The average Bonchev–Trinajstić information content (AvgIpc) is 2.40. The van der Waals surface area contributed by atoms with Gasteiger partial charge in [0.2, 0.25) is 0 Å². The van der Waals surface area contributed by atoms with Gasteiger partial charge in [0.1, 0.15) is 5.75 Å². The summed E-state index contributed by atoms with van der Waals surface area (Å²) in [5.41, 5.74) is 7.38. The number of amides is 1. The molecule has 4 nitrogen and oxygen atoms in total. The summed E-state index contributed by atoms with van der Waals surface area (Å²) in [4.78, 5) is 12.1. The van der Waals surface area contributed by atoms with Crippen LogP contribution in [0.1, 0.15) is 10.4 Å². The van der Waals surface area contributed by atoms with E-state index in [-0.39, 0.29) is 5.91 Å². The maximum atomic E-state index is 12.1. The van der Waals surface area contributed by atoms with Crippen LogP contribution >= 0.6 is 15.9 Å². The molecule has 0 spiro atoms. The lowest BCUT2D eigenvalue weighted by Crippen LogP contribution is -2.12. The van der Waals surface area contributed by atoms with E-state index < -0.39 is 0 Å². The highest BCUT2D eigenvalue weighted by atomic mass is 79.9. The molecule has 0 atom stereocenters. The average molecular weight is 321 g/mol. The Morgan fingerprint density at radius 2 is 1.89 bits per heavy atom. The van der Waals surface area contributed by atoms with Crippen molar-refractivity contribution in [2.75, 3.05) is 18.2 Å². The number of anilines is 2. The van der Waals surface area contributed by atoms with Gasteiger partial charge in [0.05, 0.1) is 7.11 Å². The number of hydrogen-bond donors (Lipinski definition) is 2. The first-order valence-electron chi connectivity index (χ1n) is 5.60. The molecule has 0 aromatic heterocycles. The van der Waals surface area contributed by atoms with Gasteiger partial charge in [-0.15, -0.1) is 0 Å². The lowest BCUT2D eigenvalue weighted by Gasteiger charge is -2.08. The Labute approximate surface area is 119 Å². The minimum absolute atomic E-state index is 0.229. The molecule has 0 aliphatic heterocycles. The molecule has 0 saturated carbocycles. The predicted molar refractivity (Wildman–Crippen MR) is 79.5 cm³/mol. The van der Waals surface area contributed by atoms with E-state index in [1.165, 1.54) is 7.11 Å². The zero-order chi connectivity index (χ0) is 13.8. The molecule has 2 aromatic rings. The van der Waals surface area contributed by atoms with Crippen LogP contribution in [-0.2, 0) is 0 Å². The Morgan fingerprint density at radius 3 is 2.53 bits per heavy atom. The number of carbonyl (C=O) groups is 1. The molecule has 19 heavy (non-hydrogen) atoms. The van der Waals surface area contributed by atoms with E-state index >= 15 is 0 Å². The number of halogens is 1. The normalized spacial score (nSPS) is 10.0. The number of hydrogen-bond acceptors (Lipinski definition) is 3. The van der Waals surface area contributed by atoms with Gasteiger partial charge in [-0.05, 0) is 36.4 Å². The van der Waals surface area contributed by atoms with Crippen molar-refractivity contribution in [2.45, 2.75) is 0 Å². The van der Waals surface area contributed by atoms with Crippen molar-refractivity contribution in [1.82, 2.24) is 0 Å². The molecule has 0 saturated heterocycles. The topological polar surface area (TPSA) is 64.3 Å². The third kappa shape index (κ3) is 3.48. The largest absolute Gasteiger partial charge is 0.497 e. The smallest absolute Gasteiger partial charge is 0.255 e. The van der Waals surface area contributed by atoms with Gasteiger partial charge in [0, 0.05) is 27.5 Å². The van der Waals surface area contributed by atoms with E-state index in [4.69, 9.17) is 10.5 Å². The number of benzene rings is 2. The minimum Gasteiger partial charge on any atom is -0.497 e. The summed E-state index contributed by atoms with van der Waals surface area (Å²) >= 11 is 3.34. The summed E-state index contributed by atoms with van der Waals surface area (Å²) in [5, 5.41) is 2.79. The molecule has 0 unspecified atom stereocenters. The third-order valence-electron chi connectivity index (χ3n) is 2.53. The summed E-state index contributed by atoms with van der Waals surface area (Å²) in [5.74, 6) is 0.328. The summed E-state index contributed by atoms with van der Waals surface area (Å²) in [6, 6.07) is 12.2. The van der Waals surface area contributed by atoms with E-state index in [1.807, 2.05) is 24.3 Å². The fraction of sp³-hybridized carbons (Fsp3) is 0.0714. The Balaban J connectivity index is 2.20. The SMILES string of the molecule is COc1cc(N)cc(C(=O)Nc2ccc(Br)cc2)c1. The molecular formula is C14H13BrN2O2. The highest BCUT2D eigenvalue weighted by Gasteiger charge is 2.08. The summed E-state index contributed by atoms with van der Waals surface area (Å²) < 4.78 is 6.04. The number of methoxy groups -OCH3 is 1. The number of nitrogens with two attached hydrogens (primary N) is 1. The molecule has 2 aromatic carbocycles. The maximum Gasteiger partial charge on any atom is 0.255 e. The minimum atomic E-state index is -0.229. The Morgan fingerprint density at radius 1 is 1.21 bits per heavy atom. The predicted octanol–water partition coefficient (Wildman–Crippen LogP) is 3.29. The van der Waals surface area contributed by atoms with Crippen LogP contribution in [-0.4, -0.2) is 13.0 Å². The van der Waals surface area contributed by atoms with Gasteiger partial charge < -0.3 is 15.8 Å². The number of ether oxygens (including phenoxy) is 1. The van der Waals surface area contributed by atoms with Gasteiger partial charge in [-0.3, -0.25) is 4.79 Å². The highest BCUT2D eigenvalue weighted by molar-refractivity contribution is 9.10. The molecule has 5 heteroatoms. The van der Waals surface area contributed by atoms with Crippen molar-refractivity contribution >= 4 is 33.2 Å². The van der Waals surface area contributed by atoms with Gasteiger partial charge in [0.15, 0.2) is 0 Å². The number of rotatable bonds is 3. The summed E-state index contributed by atoms with van der Waals surface area (Å²) in [6.07, 6.45) is 0. The zero-order valence-electron chi connectivity index (χ0n) is 10.3. The third-order valence-corrected chi connectivity index (χ3v) is 3.06. The van der Waals surface area contributed by atoms with Gasteiger partial charge in [-0.25, -0.2) is 0 Å². The molecule has 98 valence electrons. The van der Waals surface area contributed by atoms with Crippen LogP contribution < -0.4 is 15.8 Å². The summed E-state index contributed by atoms with van der Waals surface area (Å²) in [6.45, 7) is 0. The van der Waals surface area contributed by atoms with Crippen molar-refractivity contribution in [3.05, 3.63) is 52.5 Å². The van der Waals surface area contributed by atoms with Gasteiger partial charge in [-0.1, -0.05) is 15.9 Å². The molecule has 0 fully saturated rings. The molecule has 0 aliphatic rings. The molecule has 0 heterocycles. The molecule has 1 amide bonds. The van der Waals surface area contributed by atoms with Crippen molar-refractivity contribution in [1.29, 1.82) is 0 Å². The van der Waals surface area contributed by atoms with E-state index in [2.05, 4.69) is 21.2 Å². The fourth-order valence-electron chi connectivity index (χ4n) is 1.61. The molecule has 2 rings (SSSR count). The second-order valence-corrected chi connectivity index (χ2v) is 4.87. The standard InChI is InChI=1S/C14H13BrN2O2/c1-19-13-7-9(6-11(16)8-13)14(18)17-12-4-2-10(15)3-5-12/h2-8H,16H2,1H3,(H,17,18). The quantitative estimate of drug-likeness (QED) is 0.853. The van der Waals surface area contributed by atoms with Crippen LogP contribution in [0.25, 0.3) is 0 Å². The van der Waals surface area contributed by atoms with Gasteiger partial charge in [-0.2, -0.15) is 0 Å². The van der Waals surface area contributed by atoms with Crippen LogP contribution in [0, 0.1) is 0 Å². The number of nitrogens with one attached hydrogen (secondary N) is 1. The van der Waals surface area contributed by atoms with E-state index in [1.54, 1.807) is 18.2 Å². The first kappa shape index (κ1) is 13.4. The van der Waals surface area contributed by atoms with E-state index in [0.717, 1.165) is 10.2 Å².